The Bertz CT molecular complexity index is 851. The van der Waals surface area contributed by atoms with E-state index in [0.717, 1.165) is 18.5 Å². The molecule has 4 rings (SSSR count). The minimum atomic E-state index is -0.423. The van der Waals surface area contributed by atoms with Gasteiger partial charge in [0.15, 0.2) is 0 Å². The van der Waals surface area contributed by atoms with E-state index in [1.54, 1.807) is 12.1 Å². The molecule has 7 heteroatoms. The average Bonchev–Trinajstić information content (AvgIpc) is 3.39. The van der Waals surface area contributed by atoms with E-state index in [9.17, 15) is 14.9 Å². The zero-order valence-electron chi connectivity index (χ0n) is 12.6. The highest BCUT2D eigenvalue weighted by Gasteiger charge is 2.42. The van der Waals surface area contributed by atoms with Crippen LogP contribution in [0.1, 0.15) is 34.9 Å². The Morgan fingerprint density at radius 1 is 1.21 bits per heavy atom. The molecule has 1 heterocycles. The van der Waals surface area contributed by atoms with Crippen LogP contribution in [0, 0.1) is 10.1 Å². The summed E-state index contributed by atoms with van der Waals surface area (Å²) in [4.78, 5) is 25.5. The van der Waals surface area contributed by atoms with E-state index in [0.29, 0.717) is 15.6 Å². The molecule has 1 atom stereocenters. The van der Waals surface area contributed by atoms with E-state index < -0.39 is 11.1 Å². The van der Waals surface area contributed by atoms with Crippen molar-refractivity contribution in [1.82, 2.24) is 4.90 Å². The van der Waals surface area contributed by atoms with Crippen molar-refractivity contribution < 1.29 is 9.72 Å². The van der Waals surface area contributed by atoms with Gasteiger partial charge in [-0.25, -0.2) is 0 Å². The number of hydrogen-bond acceptors (Lipinski definition) is 4. The summed E-state index contributed by atoms with van der Waals surface area (Å²) in [6, 6.07) is 12.6. The van der Waals surface area contributed by atoms with Crippen molar-refractivity contribution in [3.05, 3.63) is 68.2 Å². The van der Waals surface area contributed by atoms with Crippen LogP contribution in [0.5, 0.6) is 0 Å². The zero-order valence-corrected chi connectivity index (χ0v) is 14.2. The van der Waals surface area contributed by atoms with Crippen LogP contribution in [0.25, 0.3) is 0 Å². The fourth-order valence-corrected chi connectivity index (χ4v) is 3.47. The van der Waals surface area contributed by atoms with Crippen LogP contribution in [0.15, 0.2) is 46.9 Å². The van der Waals surface area contributed by atoms with Crippen molar-refractivity contribution in [2.75, 3.05) is 5.32 Å². The Kier molecular flexibility index (Phi) is 3.53. The van der Waals surface area contributed by atoms with Crippen LogP contribution >= 0.6 is 15.9 Å². The average molecular weight is 388 g/mol. The summed E-state index contributed by atoms with van der Waals surface area (Å²) in [6.07, 6.45) is 1.53. The molecule has 122 valence electrons. The van der Waals surface area contributed by atoms with Gasteiger partial charge in [-0.1, -0.05) is 18.2 Å². The van der Waals surface area contributed by atoms with Crippen LogP contribution in [0.4, 0.5) is 11.4 Å². The number of amides is 1. The number of halogens is 1. The second-order valence-corrected chi connectivity index (χ2v) is 6.86. The maximum atomic E-state index is 12.9. The lowest BCUT2D eigenvalue weighted by molar-refractivity contribution is -0.385. The summed E-state index contributed by atoms with van der Waals surface area (Å²) in [7, 11) is 0. The Labute approximate surface area is 146 Å². The van der Waals surface area contributed by atoms with Crippen LogP contribution in [-0.2, 0) is 0 Å². The fraction of sp³-hybridized carbons (Fsp3) is 0.235. The number of fused-ring (bicyclic) bond motifs is 1. The minimum absolute atomic E-state index is 0.00338. The quantitative estimate of drug-likeness (QED) is 0.635. The third kappa shape index (κ3) is 2.45. The van der Waals surface area contributed by atoms with Crippen LogP contribution in [0.3, 0.4) is 0 Å². The van der Waals surface area contributed by atoms with Gasteiger partial charge in [0, 0.05) is 23.4 Å². The number of benzene rings is 2. The van der Waals surface area contributed by atoms with Crippen molar-refractivity contribution in [2.24, 2.45) is 0 Å². The molecule has 1 aliphatic heterocycles. The first-order valence-electron chi connectivity index (χ1n) is 7.68. The largest absolute Gasteiger partial charge is 0.361 e. The van der Waals surface area contributed by atoms with Gasteiger partial charge in [-0.05, 0) is 47.0 Å². The summed E-state index contributed by atoms with van der Waals surface area (Å²) in [5, 5.41) is 14.6. The molecule has 0 spiro atoms. The van der Waals surface area contributed by atoms with E-state index in [2.05, 4.69) is 21.2 Å². The first-order chi connectivity index (χ1) is 11.6. The lowest BCUT2D eigenvalue weighted by atomic mass is 10.0. The molecule has 24 heavy (non-hydrogen) atoms. The summed E-state index contributed by atoms with van der Waals surface area (Å²) >= 11 is 3.21. The fourth-order valence-electron chi connectivity index (χ4n) is 3.08. The molecule has 6 nitrogen and oxygen atoms in total. The molecule has 0 bridgehead atoms. The highest BCUT2D eigenvalue weighted by Crippen LogP contribution is 2.41. The first-order valence-corrected chi connectivity index (χ1v) is 8.47. The number of carbonyl (C=O) groups excluding carboxylic acids is 1. The van der Waals surface area contributed by atoms with Crippen molar-refractivity contribution in [2.45, 2.75) is 25.0 Å². The number of nitro benzene ring substituents is 1. The molecule has 1 fully saturated rings. The predicted molar refractivity (Wildman–Crippen MR) is 92.8 cm³/mol. The molecule has 1 aliphatic carbocycles. The van der Waals surface area contributed by atoms with Crippen LogP contribution in [0.2, 0.25) is 0 Å². The first kappa shape index (κ1) is 15.1. The van der Waals surface area contributed by atoms with Gasteiger partial charge in [0.1, 0.15) is 6.17 Å². The zero-order chi connectivity index (χ0) is 16.8. The van der Waals surface area contributed by atoms with Gasteiger partial charge >= 0.3 is 0 Å². The summed E-state index contributed by atoms with van der Waals surface area (Å²) < 4.78 is 0.428. The third-order valence-electron chi connectivity index (χ3n) is 4.39. The van der Waals surface area contributed by atoms with E-state index in [4.69, 9.17) is 0 Å². The number of rotatable bonds is 3. The number of hydrogen-bond donors (Lipinski definition) is 1. The Balaban J connectivity index is 1.80. The number of nitrogens with one attached hydrogen (secondary N) is 1. The van der Waals surface area contributed by atoms with E-state index >= 15 is 0 Å². The molecule has 2 aromatic carbocycles. The molecule has 1 N–H and O–H groups in total. The number of carbonyl (C=O) groups is 1. The monoisotopic (exact) mass is 387 g/mol. The predicted octanol–water partition coefficient (Wildman–Crippen LogP) is 4.09. The van der Waals surface area contributed by atoms with Gasteiger partial charge in [-0.2, -0.15) is 0 Å². The van der Waals surface area contributed by atoms with Crippen molar-refractivity contribution in [3.8, 4) is 0 Å². The summed E-state index contributed by atoms with van der Waals surface area (Å²) in [5.41, 5.74) is 2.11. The highest BCUT2D eigenvalue weighted by molar-refractivity contribution is 9.10. The van der Waals surface area contributed by atoms with Crippen molar-refractivity contribution in [3.63, 3.8) is 0 Å². The van der Waals surface area contributed by atoms with Gasteiger partial charge in [0.05, 0.1) is 15.0 Å². The molecular formula is C17H14BrN3O3. The maximum Gasteiger partial charge on any atom is 0.283 e. The molecule has 1 saturated carbocycles. The van der Waals surface area contributed by atoms with Crippen LogP contribution < -0.4 is 5.32 Å². The molecule has 1 amide bonds. The van der Waals surface area contributed by atoms with Crippen LogP contribution in [-0.4, -0.2) is 21.8 Å². The minimum Gasteiger partial charge on any atom is -0.361 e. The summed E-state index contributed by atoms with van der Waals surface area (Å²) in [6.45, 7) is 0. The number of nitrogens with zero attached hydrogens (tertiary/aromatic N) is 2. The molecule has 0 unspecified atom stereocenters. The van der Waals surface area contributed by atoms with Gasteiger partial charge in [-0.3, -0.25) is 14.9 Å². The highest BCUT2D eigenvalue weighted by atomic mass is 79.9. The SMILES string of the molecule is O=C1c2ccccc2N[C@H](c2ccc(Br)c([N+](=O)[O-])c2)N1C1CC1. The maximum absolute atomic E-state index is 12.9. The lowest BCUT2D eigenvalue weighted by Gasteiger charge is -2.38. The van der Waals surface area contributed by atoms with Gasteiger partial charge in [0.25, 0.3) is 11.6 Å². The second-order valence-electron chi connectivity index (χ2n) is 6.00. The topological polar surface area (TPSA) is 75.5 Å². The smallest absolute Gasteiger partial charge is 0.283 e. The van der Waals surface area contributed by atoms with Crippen molar-refractivity contribution >= 4 is 33.2 Å². The standard InChI is InChI=1S/C17H14BrN3O3/c18-13-8-5-10(9-15(13)21(23)24)16-19-14-4-2-1-3-12(14)17(22)20(16)11-6-7-11/h1-5,8-9,11,16,19H,6-7H2/t16-/m0/s1. The lowest BCUT2D eigenvalue weighted by Crippen LogP contribution is -2.44. The molecule has 2 aliphatic rings. The van der Waals surface area contributed by atoms with Gasteiger partial charge in [0.2, 0.25) is 0 Å². The number of anilines is 1. The van der Waals surface area contributed by atoms with E-state index in [1.165, 1.54) is 6.07 Å². The summed E-state index contributed by atoms with van der Waals surface area (Å²) in [5.74, 6) is -0.0255. The second kappa shape index (κ2) is 5.59. The number of para-hydroxylation sites is 1. The Morgan fingerprint density at radius 3 is 2.67 bits per heavy atom. The molecule has 0 saturated heterocycles. The normalized spacial score (nSPS) is 19.6. The Hall–Kier alpha value is -2.41. The Morgan fingerprint density at radius 2 is 1.96 bits per heavy atom. The van der Waals surface area contributed by atoms with Gasteiger partial charge in [-0.15, -0.1) is 0 Å². The molecular weight excluding hydrogens is 374 g/mol. The molecule has 2 aromatic rings. The molecule has 0 radical (unpaired) electrons. The third-order valence-corrected chi connectivity index (χ3v) is 5.06. The van der Waals surface area contributed by atoms with Crippen molar-refractivity contribution in [1.29, 1.82) is 0 Å². The van der Waals surface area contributed by atoms with E-state index in [-0.39, 0.29) is 17.6 Å². The number of nitro groups is 1. The molecule has 0 aromatic heterocycles. The van der Waals surface area contributed by atoms with Gasteiger partial charge < -0.3 is 10.2 Å². The van der Waals surface area contributed by atoms with E-state index in [1.807, 2.05) is 29.2 Å².